The fraction of sp³-hybridized carbons (Fsp3) is 0.533. The smallest absolute Gasteiger partial charge is 0.229 e. The lowest BCUT2D eigenvalue weighted by atomic mass is 9.94. The van der Waals surface area contributed by atoms with Gasteiger partial charge in [-0.15, -0.1) is 11.6 Å². The van der Waals surface area contributed by atoms with Crippen molar-refractivity contribution in [1.29, 1.82) is 0 Å². The summed E-state index contributed by atoms with van der Waals surface area (Å²) in [5.41, 5.74) is -0.555. The zero-order valence-corrected chi connectivity index (χ0v) is 13.2. The van der Waals surface area contributed by atoms with Gasteiger partial charge in [-0.25, -0.2) is 0 Å². The standard InChI is InChI=1S/C15H22ClNO3/c1-15(2,11-16)14(18)17(3)9-10-20-13-8-6-5-7-12(13)19-4/h5-8H,9-11H2,1-4H3. The fourth-order valence-electron chi connectivity index (χ4n) is 1.71. The van der Waals surface area contributed by atoms with Crippen molar-refractivity contribution >= 4 is 17.5 Å². The highest BCUT2D eigenvalue weighted by atomic mass is 35.5. The van der Waals surface area contributed by atoms with Gasteiger partial charge in [0, 0.05) is 12.9 Å². The van der Waals surface area contributed by atoms with Crippen LogP contribution in [0.1, 0.15) is 13.8 Å². The first kappa shape index (κ1) is 16.6. The molecule has 0 spiro atoms. The highest BCUT2D eigenvalue weighted by Gasteiger charge is 2.29. The summed E-state index contributed by atoms with van der Waals surface area (Å²) in [4.78, 5) is 13.8. The van der Waals surface area contributed by atoms with Crippen molar-refractivity contribution in [3.8, 4) is 11.5 Å². The van der Waals surface area contributed by atoms with E-state index in [1.165, 1.54) is 0 Å². The molecule has 0 atom stereocenters. The number of hydrogen-bond acceptors (Lipinski definition) is 3. The number of methoxy groups -OCH3 is 1. The number of benzene rings is 1. The Morgan fingerprint density at radius 1 is 1.30 bits per heavy atom. The molecule has 0 N–H and O–H groups in total. The molecule has 0 aliphatic heterocycles. The average molecular weight is 300 g/mol. The van der Waals surface area contributed by atoms with E-state index >= 15 is 0 Å². The summed E-state index contributed by atoms with van der Waals surface area (Å²) >= 11 is 5.81. The molecule has 4 nitrogen and oxygen atoms in total. The topological polar surface area (TPSA) is 38.8 Å². The van der Waals surface area contributed by atoms with Gasteiger partial charge < -0.3 is 14.4 Å². The van der Waals surface area contributed by atoms with Gasteiger partial charge in [-0.3, -0.25) is 4.79 Å². The molecule has 0 bridgehead atoms. The van der Waals surface area contributed by atoms with Gasteiger partial charge >= 0.3 is 0 Å². The number of carbonyl (C=O) groups is 1. The van der Waals surface area contributed by atoms with Gasteiger partial charge in [0.25, 0.3) is 0 Å². The Morgan fingerprint density at radius 2 is 1.90 bits per heavy atom. The number of carbonyl (C=O) groups excluding carboxylic acids is 1. The predicted molar refractivity (Wildman–Crippen MR) is 80.6 cm³/mol. The second kappa shape index (κ2) is 7.39. The monoisotopic (exact) mass is 299 g/mol. The molecular weight excluding hydrogens is 278 g/mol. The summed E-state index contributed by atoms with van der Waals surface area (Å²) in [5, 5.41) is 0. The van der Waals surface area contributed by atoms with E-state index in [9.17, 15) is 4.79 Å². The van der Waals surface area contributed by atoms with E-state index in [4.69, 9.17) is 21.1 Å². The van der Waals surface area contributed by atoms with E-state index in [2.05, 4.69) is 0 Å². The van der Waals surface area contributed by atoms with Crippen LogP contribution in [0.25, 0.3) is 0 Å². The molecule has 1 rings (SSSR count). The number of para-hydroxylation sites is 2. The zero-order chi connectivity index (χ0) is 15.2. The highest BCUT2D eigenvalue weighted by molar-refractivity contribution is 6.19. The summed E-state index contributed by atoms with van der Waals surface area (Å²) in [6.07, 6.45) is 0. The summed E-state index contributed by atoms with van der Waals surface area (Å²) < 4.78 is 10.8. The number of likely N-dealkylation sites (N-methyl/N-ethyl adjacent to an activating group) is 1. The van der Waals surface area contributed by atoms with Crippen LogP contribution in [0.4, 0.5) is 0 Å². The average Bonchev–Trinajstić information content (AvgIpc) is 2.46. The molecular formula is C15H22ClNO3. The number of nitrogens with zero attached hydrogens (tertiary/aromatic N) is 1. The summed E-state index contributed by atoms with van der Waals surface area (Å²) in [7, 11) is 3.35. The maximum absolute atomic E-state index is 12.1. The number of rotatable bonds is 7. The number of amides is 1. The van der Waals surface area contributed by atoms with Gasteiger partial charge in [0.2, 0.25) is 5.91 Å². The molecule has 0 fully saturated rings. The van der Waals surface area contributed by atoms with Crippen LogP contribution in [-0.2, 0) is 4.79 Å². The fourth-order valence-corrected chi connectivity index (χ4v) is 1.82. The Labute approximate surface area is 125 Å². The lowest BCUT2D eigenvalue weighted by molar-refractivity contribution is -0.138. The van der Waals surface area contributed by atoms with Gasteiger partial charge in [0.05, 0.1) is 19.1 Å². The van der Waals surface area contributed by atoms with Crippen molar-refractivity contribution in [2.75, 3.05) is 33.2 Å². The number of alkyl halides is 1. The molecule has 0 aromatic heterocycles. The van der Waals surface area contributed by atoms with E-state index < -0.39 is 5.41 Å². The van der Waals surface area contributed by atoms with Crippen molar-refractivity contribution in [1.82, 2.24) is 4.90 Å². The van der Waals surface area contributed by atoms with Crippen LogP contribution in [0.2, 0.25) is 0 Å². The molecule has 0 aliphatic rings. The Balaban J connectivity index is 2.50. The number of ether oxygens (including phenoxy) is 2. The molecule has 0 radical (unpaired) electrons. The third-order valence-corrected chi connectivity index (χ3v) is 3.68. The molecule has 1 aromatic rings. The van der Waals surface area contributed by atoms with Crippen LogP contribution >= 0.6 is 11.6 Å². The maximum Gasteiger partial charge on any atom is 0.229 e. The van der Waals surface area contributed by atoms with Gasteiger partial charge in [-0.1, -0.05) is 12.1 Å². The Hall–Kier alpha value is -1.42. The van der Waals surface area contributed by atoms with E-state index in [1.54, 1.807) is 19.1 Å². The zero-order valence-electron chi connectivity index (χ0n) is 12.5. The highest BCUT2D eigenvalue weighted by Crippen LogP contribution is 2.25. The van der Waals surface area contributed by atoms with Crippen LogP contribution in [-0.4, -0.2) is 44.0 Å². The first-order valence-corrected chi connectivity index (χ1v) is 7.03. The Bertz CT molecular complexity index is 448. The largest absolute Gasteiger partial charge is 0.493 e. The van der Waals surface area contributed by atoms with Crippen LogP contribution < -0.4 is 9.47 Å². The minimum absolute atomic E-state index is 0.0103. The van der Waals surface area contributed by atoms with Crippen molar-refractivity contribution in [3.63, 3.8) is 0 Å². The van der Waals surface area contributed by atoms with Crippen molar-refractivity contribution < 1.29 is 14.3 Å². The minimum Gasteiger partial charge on any atom is -0.493 e. The molecule has 112 valence electrons. The molecule has 0 heterocycles. The van der Waals surface area contributed by atoms with E-state index in [1.807, 2.05) is 38.1 Å². The molecule has 0 aliphatic carbocycles. The number of hydrogen-bond donors (Lipinski definition) is 0. The predicted octanol–water partition coefficient (Wildman–Crippen LogP) is 2.80. The second-order valence-electron chi connectivity index (χ2n) is 5.24. The van der Waals surface area contributed by atoms with Crippen molar-refractivity contribution in [3.05, 3.63) is 24.3 Å². The minimum atomic E-state index is -0.555. The first-order valence-electron chi connectivity index (χ1n) is 6.49. The third kappa shape index (κ3) is 4.30. The SMILES string of the molecule is COc1ccccc1OCCN(C)C(=O)C(C)(C)CCl. The van der Waals surface area contributed by atoms with Gasteiger partial charge in [0.15, 0.2) is 11.5 Å². The molecule has 0 saturated carbocycles. The van der Waals surface area contributed by atoms with Crippen LogP contribution in [0.3, 0.4) is 0 Å². The lowest BCUT2D eigenvalue weighted by Crippen LogP contribution is -2.41. The lowest BCUT2D eigenvalue weighted by Gasteiger charge is -2.27. The number of halogens is 1. The summed E-state index contributed by atoms with van der Waals surface area (Å²) in [6, 6.07) is 7.43. The molecule has 0 unspecified atom stereocenters. The molecule has 20 heavy (non-hydrogen) atoms. The Kier molecular flexibility index (Phi) is 6.14. The second-order valence-corrected chi connectivity index (χ2v) is 5.51. The van der Waals surface area contributed by atoms with E-state index in [0.29, 0.717) is 30.5 Å². The summed E-state index contributed by atoms with van der Waals surface area (Å²) in [5.74, 6) is 1.66. The maximum atomic E-state index is 12.1. The van der Waals surface area contributed by atoms with E-state index in [0.717, 1.165) is 0 Å². The first-order chi connectivity index (χ1) is 9.42. The van der Waals surface area contributed by atoms with Crippen molar-refractivity contribution in [2.45, 2.75) is 13.8 Å². The quantitative estimate of drug-likeness (QED) is 0.727. The van der Waals surface area contributed by atoms with Crippen LogP contribution in [0.15, 0.2) is 24.3 Å². The molecule has 5 heteroatoms. The molecule has 0 saturated heterocycles. The van der Waals surface area contributed by atoms with E-state index in [-0.39, 0.29) is 5.91 Å². The van der Waals surface area contributed by atoms with Crippen LogP contribution in [0.5, 0.6) is 11.5 Å². The summed E-state index contributed by atoms with van der Waals surface area (Å²) in [6.45, 7) is 4.57. The van der Waals surface area contributed by atoms with Crippen LogP contribution in [0, 0.1) is 5.41 Å². The molecule has 1 aromatic carbocycles. The normalized spacial score (nSPS) is 11.1. The van der Waals surface area contributed by atoms with Gasteiger partial charge in [0.1, 0.15) is 6.61 Å². The van der Waals surface area contributed by atoms with Gasteiger partial charge in [-0.2, -0.15) is 0 Å². The molecule has 1 amide bonds. The van der Waals surface area contributed by atoms with Gasteiger partial charge in [-0.05, 0) is 26.0 Å². The third-order valence-electron chi connectivity index (χ3n) is 3.01. The van der Waals surface area contributed by atoms with Crippen molar-refractivity contribution in [2.24, 2.45) is 5.41 Å². The Morgan fingerprint density at radius 3 is 2.45 bits per heavy atom.